The van der Waals surface area contributed by atoms with Crippen LogP contribution in [-0.2, 0) is 0 Å². The van der Waals surface area contributed by atoms with Gasteiger partial charge in [-0.15, -0.1) is 11.3 Å². The summed E-state index contributed by atoms with van der Waals surface area (Å²) in [4.78, 5) is 23.1. The van der Waals surface area contributed by atoms with E-state index in [-0.39, 0.29) is 11.6 Å². The average molecular weight is 355 g/mol. The molecule has 0 aliphatic carbocycles. The van der Waals surface area contributed by atoms with Gasteiger partial charge in [-0.1, -0.05) is 12.1 Å². The largest absolute Gasteiger partial charge is 0.455 e. The van der Waals surface area contributed by atoms with E-state index in [0.29, 0.717) is 22.0 Å². The number of rotatable bonds is 5. The first-order chi connectivity index (χ1) is 12.0. The predicted octanol–water partition coefficient (Wildman–Crippen LogP) is 3.99. The van der Waals surface area contributed by atoms with E-state index < -0.39 is 4.92 Å². The molecule has 0 aliphatic heterocycles. The highest BCUT2D eigenvalue weighted by molar-refractivity contribution is 7.12. The zero-order valence-electron chi connectivity index (χ0n) is 13.1. The molecular formula is C17H13N3O4S. The number of hydrogen-bond acceptors (Lipinski definition) is 6. The van der Waals surface area contributed by atoms with Gasteiger partial charge in [0.1, 0.15) is 11.5 Å². The van der Waals surface area contributed by atoms with E-state index in [1.807, 2.05) is 0 Å². The summed E-state index contributed by atoms with van der Waals surface area (Å²) in [5, 5.41) is 16.8. The number of nitro groups is 1. The Labute approximate surface area is 146 Å². The number of carbonyl (C=O) groups excluding carboxylic acids is 1. The molecule has 1 aromatic carbocycles. The molecule has 0 saturated heterocycles. The van der Waals surface area contributed by atoms with Gasteiger partial charge in [-0.25, -0.2) is 5.43 Å². The van der Waals surface area contributed by atoms with Crippen LogP contribution >= 0.6 is 11.3 Å². The number of amides is 1. The fourth-order valence-electron chi connectivity index (χ4n) is 2.19. The molecule has 1 amide bonds. The van der Waals surface area contributed by atoms with E-state index in [9.17, 15) is 14.9 Å². The van der Waals surface area contributed by atoms with Gasteiger partial charge in [-0.2, -0.15) is 5.10 Å². The number of thiophene rings is 1. The monoisotopic (exact) mass is 355 g/mol. The van der Waals surface area contributed by atoms with Gasteiger partial charge in [-0.05, 0) is 42.1 Å². The Hall–Kier alpha value is -3.26. The van der Waals surface area contributed by atoms with Gasteiger partial charge in [0, 0.05) is 6.07 Å². The predicted molar refractivity (Wildman–Crippen MR) is 94.9 cm³/mol. The molecule has 0 fully saturated rings. The van der Waals surface area contributed by atoms with Crippen molar-refractivity contribution in [1.82, 2.24) is 5.43 Å². The molecule has 126 valence electrons. The SMILES string of the molecule is Cc1ccc(-c2ccc(/C=N\NC(=O)c3cccs3)o2)c([N+](=O)[O-])c1. The highest BCUT2D eigenvalue weighted by Gasteiger charge is 2.18. The minimum Gasteiger partial charge on any atom is -0.455 e. The summed E-state index contributed by atoms with van der Waals surface area (Å²) in [5.41, 5.74) is 3.55. The number of aryl methyl sites for hydroxylation is 1. The molecule has 7 nitrogen and oxygen atoms in total. The zero-order chi connectivity index (χ0) is 17.8. The Morgan fingerprint density at radius 2 is 2.16 bits per heavy atom. The number of nitrogens with one attached hydrogen (secondary N) is 1. The topological polar surface area (TPSA) is 97.7 Å². The second-order valence-corrected chi connectivity index (χ2v) is 6.10. The standard InChI is InChI=1S/C17H13N3O4S/c1-11-4-6-13(14(9-11)20(22)23)15-7-5-12(24-15)10-18-19-17(21)16-3-2-8-25-16/h2-10H,1H3,(H,19,21)/b18-10-. The minimum absolute atomic E-state index is 0.0242. The molecule has 3 aromatic rings. The second-order valence-electron chi connectivity index (χ2n) is 5.16. The number of nitro benzene ring substituents is 1. The van der Waals surface area contributed by atoms with Crippen LogP contribution in [0, 0.1) is 17.0 Å². The van der Waals surface area contributed by atoms with E-state index in [1.165, 1.54) is 23.6 Å². The van der Waals surface area contributed by atoms with Gasteiger partial charge in [0.25, 0.3) is 11.6 Å². The van der Waals surface area contributed by atoms with Gasteiger partial charge < -0.3 is 4.42 Å². The van der Waals surface area contributed by atoms with Crippen molar-refractivity contribution in [2.24, 2.45) is 5.10 Å². The molecule has 0 atom stereocenters. The maximum atomic E-state index is 11.8. The normalized spacial score (nSPS) is 10.9. The molecule has 2 aromatic heterocycles. The molecule has 0 saturated carbocycles. The first-order valence-corrected chi connectivity index (χ1v) is 8.15. The fourth-order valence-corrected chi connectivity index (χ4v) is 2.80. The maximum Gasteiger partial charge on any atom is 0.281 e. The van der Waals surface area contributed by atoms with Gasteiger partial charge in [0.15, 0.2) is 0 Å². The molecule has 0 aliphatic rings. The third-order valence-corrected chi connectivity index (χ3v) is 4.21. The molecular weight excluding hydrogens is 342 g/mol. The van der Waals surface area contributed by atoms with E-state index >= 15 is 0 Å². The number of hydrazone groups is 1. The molecule has 25 heavy (non-hydrogen) atoms. The molecule has 0 bridgehead atoms. The maximum absolute atomic E-state index is 11.8. The highest BCUT2D eigenvalue weighted by atomic mass is 32.1. The van der Waals surface area contributed by atoms with Crippen molar-refractivity contribution in [1.29, 1.82) is 0 Å². The lowest BCUT2D eigenvalue weighted by Gasteiger charge is -2.01. The molecule has 3 rings (SSSR count). The molecule has 8 heteroatoms. The number of nitrogens with zero attached hydrogens (tertiary/aromatic N) is 2. The lowest BCUT2D eigenvalue weighted by atomic mass is 10.1. The summed E-state index contributed by atoms with van der Waals surface area (Å²) < 4.78 is 5.57. The lowest BCUT2D eigenvalue weighted by Crippen LogP contribution is -2.15. The average Bonchev–Trinajstić information content (AvgIpc) is 3.26. The van der Waals surface area contributed by atoms with Crippen molar-refractivity contribution in [3.05, 3.63) is 74.2 Å². The Balaban J connectivity index is 1.76. The molecule has 0 radical (unpaired) electrons. The molecule has 0 unspecified atom stereocenters. The summed E-state index contributed by atoms with van der Waals surface area (Å²) in [6.45, 7) is 1.78. The first kappa shape index (κ1) is 16.6. The number of hydrogen-bond donors (Lipinski definition) is 1. The van der Waals surface area contributed by atoms with Crippen LogP contribution in [0.25, 0.3) is 11.3 Å². The fraction of sp³-hybridized carbons (Fsp3) is 0.0588. The van der Waals surface area contributed by atoms with Crippen molar-refractivity contribution >= 4 is 29.1 Å². The Bertz CT molecular complexity index is 945. The number of benzene rings is 1. The summed E-state index contributed by atoms with van der Waals surface area (Å²) in [6, 6.07) is 11.6. The van der Waals surface area contributed by atoms with E-state index in [4.69, 9.17) is 4.42 Å². The number of furan rings is 1. The Morgan fingerprint density at radius 3 is 2.88 bits per heavy atom. The van der Waals surface area contributed by atoms with E-state index in [1.54, 1.807) is 48.7 Å². The van der Waals surface area contributed by atoms with Crippen molar-refractivity contribution in [3.8, 4) is 11.3 Å². The van der Waals surface area contributed by atoms with Crippen LogP contribution in [0.4, 0.5) is 5.69 Å². The zero-order valence-corrected chi connectivity index (χ0v) is 13.9. The smallest absolute Gasteiger partial charge is 0.281 e. The highest BCUT2D eigenvalue weighted by Crippen LogP contribution is 2.31. The quantitative estimate of drug-likeness (QED) is 0.425. The van der Waals surface area contributed by atoms with Gasteiger partial charge >= 0.3 is 0 Å². The third kappa shape index (κ3) is 3.81. The first-order valence-electron chi connectivity index (χ1n) is 7.27. The lowest BCUT2D eigenvalue weighted by molar-refractivity contribution is -0.384. The van der Waals surface area contributed by atoms with Crippen LogP contribution in [0.3, 0.4) is 0 Å². The van der Waals surface area contributed by atoms with Crippen molar-refractivity contribution in [3.63, 3.8) is 0 Å². The van der Waals surface area contributed by atoms with Crippen LogP contribution in [0.15, 0.2) is 57.4 Å². The molecule has 1 N–H and O–H groups in total. The van der Waals surface area contributed by atoms with Crippen molar-refractivity contribution in [2.45, 2.75) is 6.92 Å². The minimum atomic E-state index is -0.445. The van der Waals surface area contributed by atoms with Crippen LogP contribution < -0.4 is 5.43 Å². The van der Waals surface area contributed by atoms with Gasteiger partial charge in [0.05, 0.1) is 21.6 Å². The van der Waals surface area contributed by atoms with Crippen LogP contribution in [0.2, 0.25) is 0 Å². The van der Waals surface area contributed by atoms with Crippen LogP contribution in [-0.4, -0.2) is 17.0 Å². The summed E-state index contributed by atoms with van der Waals surface area (Å²) in [6.07, 6.45) is 1.34. The summed E-state index contributed by atoms with van der Waals surface area (Å²) >= 11 is 1.31. The van der Waals surface area contributed by atoms with Gasteiger partial charge in [0.2, 0.25) is 0 Å². The van der Waals surface area contributed by atoms with E-state index in [0.717, 1.165) is 5.56 Å². The third-order valence-electron chi connectivity index (χ3n) is 3.35. The van der Waals surface area contributed by atoms with E-state index in [2.05, 4.69) is 10.5 Å². The second kappa shape index (κ2) is 7.10. The Morgan fingerprint density at radius 1 is 1.32 bits per heavy atom. The number of carbonyl (C=O) groups is 1. The van der Waals surface area contributed by atoms with Crippen LogP contribution in [0.5, 0.6) is 0 Å². The molecule has 0 spiro atoms. The summed E-state index contributed by atoms with van der Waals surface area (Å²) in [7, 11) is 0. The van der Waals surface area contributed by atoms with Crippen LogP contribution in [0.1, 0.15) is 21.0 Å². The van der Waals surface area contributed by atoms with Gasteiger partial charge in [-0.3, -0.25) is 14.9 Å². The van der Waals surface area contributed by atoms with Crippen molar-refractivity contribution in [2.75, 3.05) is 0 Å². The Kier molecular flexibility index (Phi) is 4.71. The van der Waals surface area contributed by atoms with Crippen molar-refractivity contribution < 1.29 is 14.1 Å². The summed E-state index contributed by atoms with van der Waals surface area (Å²) in [5.74, 6) is 0.418. The molecule has 2 heterocycles.